The van der Waals surface area contributed by atoms with E-state index in [0.717, 1.165) is 0 Å². The minimum absolute atomic E-state index is 0.297. The molecule has 12 heavy (non-hydrogen) atoms. The zero-order valence-corrected chi connectivity index (χ0v) is 7.16. The quantitative estimate of drug-likeness (QED) is 0.669. The largest absolute Gasteiger partial charge is 0.349 e. The van der Waals surface area contributed by atoms with Gasteiger partial charge in [0.15, 0.2) is 0 Å². The smallest absolute Gasteiger partial charge is 0.255 e. The first-order valence-electron chi connectivity index (χ1n) is 3.57. The van der Waals surface area contributed by atoms with Gasteiger partial charge in [-0.2, -0.15) is 0 Å². The van der Waals surface area contributed by atoms with Gasteiger partial charge in [0.2, 0.25) is 5.91 Å². The summed E-state index contributed by atoms with van der Waals surface area (Å²) in [6, 6.07) is -0.297. The van der Waals surface area contributed by atoms with Crippen molar-refractivity contribution in [3.63, 3.8) is 0 Å². The van der Waals surface area contributed by atoms with Crippen molar-refractivity contribution < 1.29 is 13.6 Å². The molecule has 3 nitrogen and oxygen atoms in total. The van der Waals surface area contributed by atoms with Gasteiger partial charge in [0.1, 0.15) is 0 Å². The van der Waals surface area contributed by atoms with E-state index in [0.29, 0.717) is 11.6 Å². The fraction of sp³-hybridized carbons (Fsp3) is 0.833. The molecule has 1 fully saturated rings. The Morgan fingerprint density at radius 1 is 1.75 bits per heavy atom. The Morgan fingerprint density at radius 3 is 3.00 bits per heavy atom. The number of hydrogen-bond donors (Lipinski definition) is 2. The summed E-state index contributed by atoms with van der Waals surface area (Å²) in [7, 11) is 0. The number of carbonyl (C=O) groups is 1. The average molecular weight is 196 g/mol. The Kier molecular flexibility index (Phi) is 3.74. The maximum atomic E-state index is 11.6. The number of halogens is 2. The lowest BCUT2D eigenvalue weighted by atomic mass is 10.3. The second-order valence-electron chi connectivity index (χ2n) is 2.41. The van der Waals surface area contributed by atoms with E-state index in [1.807, 2.05) is 0 Å². The van der Waals surface area contributed by atoms with Crippen molar-refractivity contribution >= 4 is 17.7 Å². The minimum atomic E-state index is -2.47. The van der Waals surface area contributed by atoms with Gasteiger partial charge in [-0.05, 0) is 0 Å². The van der Waals surface area contributed by atoms with Gasteiger partial charge in [-0.25, -0.2) is 8.78 Å². The third kappa shape index (κ3) is 2.94. The molecule has 1 aliphatic heterocycles. The van der Waals surface area contributed by atoms with E-state index in [2.05, 4.69) is 10.6 Å². The number of amides is 1. The second-order valence-corrected chi connectivity index (χ2v) is 3.44. The monoisotopic (exact) mass is 196 g/mol. The number of carbonyl (C=O) groups excluding carboxylic acids is 1. The van der Waals surface area contributed by atoms with Crippen molar-refractivity contribution in [3.8, 4) is 0 Å². The van der Waals surface area contributed by atoms with Crippen molar-refractivity contribution in [2.45, 2.75) is 12.5 Å². The van der Waals surface area contributed by atoms with Gasteiger partial charge < -0.3 is 5.32 Å². The Hall–Kier alpha value is -0.360. The molecule has 0 unspecified atom stereocenters. The molecule has 1 saturated heterocycles. The van der Waals surface area contributed by atoms with Crippen LogP contribution in [-0.4, -0.2) is 36.5 Å². The van der Waals surface area contributed by atoms with Crippen LogP contribution in [0.3, 0.4) is 0 Å². The van der Waals surface area contributed by atoms with Gasteiger partial charge in [0.25, 0.3) is 6.43 Å². The van der Waals surface area contributed by atoms with E-state index >= 15 is 0 Å². The van der Waals surface area contributed by atoms with Crippen LogP contribution in [0.25, 0.3) is 0 Å². The molecular weight excluding hydrogens is 186 g/mol. The summed E-state index contributed by atoms with van der Waals surface area (Å²) in [6.45, 7) is -0.554. The van der Waals surface area contributed by atoms with E-state index in [9.17, 15) is 13.6 Å². The lowest BCUT2D eigenvalue weighted by Gasteiger charge is -2.09. The normalized spacial score (nSPS) is 23.1. The van der Waals surface area contributed by atoms with E-state index < -0.39 is 13.0 Å². The highest BCUT2D eigenvalue weighted by molar-refractivity contribution is 7.99. The van der Waals surface area contributed by atoms with E-state index in [1.165, 1.54) is 0 Å². The summed E-state index contributed by atoms with van der Waals surface area (Å²) in [6.07, 6.45) is -2.47. The Balaban J connectivity index is 2.18. The lowest BCUT2D eigenvalue weighted by molar-refractivity contribution is -0.123. The van der Waals surface area contributed by atoms with Crippen LogP contribution in [-0.2, 0) is 4.79 Å². The van der Waals surface area contributed by atoms with Gasteiger partial charge in [0.05, 0.1) is 12.6 Å². The molecule has 0 aromatic rings. The van der Waals surface area contributed by atoms with Crippen molar-refractivity contribution in [3.05, 3.63) is 0 Å². The summed E-state index contributed by atoms with van der Waals surface area (Å²) in [5.74, 6) is 1.04. The summed E-state index contributed by atoms with van der Waals surface area (Å²) < 4.78 is 23.3. The fourth-order valence-corrected chi connectivity index (χ4v) is 1.81. The van der Waals surface area contributed by atoms with Crippen LogP contribution < -0.4 is 10.6 Å². The first kappa shape index (κ1) is 9.73. The van der Waals surface area contributed by atoms with Crippen LogP contribution >= 0.6 is 11.8 Å². The number of nitrogens with one attached hydrogen (secondary N) is 2. The molecule has 1 rings (SSSR count). The molecule has 0 radical (unpaired) electrons. The van der Waals surface area contributed by atoms with Crippen LogP contribution in [0.4, 0.5) is 8.78 Å². The molecule has 0 spiro atoms. The van der Waals surface area contributed by atoms with Gasteiger partial charge in [-0.15, -0.1) is 11.8 Å². The topological polar surface area (TPSA) is 41.1 Å². The van der Waals surface area contributed by atoms with Crippen molar-refractivity contribution in [2.24, 2.45) is 0 Å². The van der Waals surface area contributed by atoms with E-state index in [-0.39, 0.29) is 11.9 Å². The molecule has 0 aliphatic carbocycles. The van der Waals surface area contributed by atoms with Gasteiger partial charge in [-0.1, -0.05) is 0 Å². The maximum absolute atomic E-state index is 11.6. The van der Waals surface area contributed by atoms with Crippen LogP contribution in [0, 0.1) is 0 Å². The molecule has 2 N–H and O–H groups in total. The van der Waals surface area contributed by atoms with Crippen LogP contribution in [0.15, 0.2) is 0 Å². The third-order valence-corrected chi connectivity index (χ3v) is 2.40. The van der Waals surface area contributed by atoms with E-state index in [1.54, 1.807) is 11.8 Å². The molecule has 1 atom stereocenters. The average Bonchev–Trinajstić information content (AvgIpc) is 2.51. The predicted molar refractivity (Wildman–Crippen MR) is 43.3 cm³/mol. The highest BCUT2D eigenvalue weighted by Gasteiger charge is 2.22. The number of rotatable bonds is 3. The first-order valence-corrected chi connectivity index (χ1v) is 4.72. The zero-order chi connectivity index (χ0) is 8.97. The van der Waals surface area contributed by atoms with Crippen molar-refractivity contribution in [1.29, 1.82) is 0 Å². The molecule has 0 aromatic heterocycles. The molecule has 1 heterocycles. The number of thioether (sulfide) groups is 1. The number of alkyl halides is 2. The fourth-order valence-electron chi connectivity index (χ4n) is 0.865. The van der Waals surface area contributed by atoms with Crippen molar-refractivity contribution in [2.75, 3.05) is 18.2 Å². The molecule has 6 heteroatoms. The van der Waals surface area contributed by atoms with Crippen molar-refractivity contribution in [1.82, 2.24) is 10.6 Å². The van der Waals surface area contributed by atoms with Gasteiger partial charge in [0, 0.05) is 11.6 Å². The zero-order valence-electron chi connectivity index (χ0n) is 6.35. The molecule has 1 aliphatic rings. The standard InChI is InChI=1S/C6H10F2N2OS/c7-5(8)1-9-6(11)4-2-12-3-10-4/h4-5,10H,1-3H2,(H,9,11)/t4-/m1/s1. The van der Waals surface area contributed by atoms with Crippen LogP contribution in [0.5, 0.6) is 0 Å². The Bertz CT molecular complexity index is 162. The molecule has 0 saturated carbocycles. The summed E-state index contributed by atoms with van der Waals surface area (Å²) in [5.41, 5.74) is 0. The highest BCUT2D eigenvalue weighted by atomic mass is 32.2. The summed E-state index contributed by atoms with van der Waals surface area (Å²) in [5, 5.41) is 5.05. The SMILES string of the molecule is O=C(NCC(F)F)[C@H]1CSCN1. The Morgan fingerprint density at radius 2 is 2.50 bits per heavy atom. The molecule has 0 aromatic carbocycles. The number of hydrogen-bond acceptors (Lipinski definition) is 3. The molecule has 0 bridgehead atoms. The summed E-state index contributed by atoms with van der Waals surface area (Å²) in [4.78, 5) is 11.0. The van der Waals surface area contributed by atoms with Gasteiger partial charge in [-0.3, -0.25) is 10.1 Å². The minimum Gasteiger partial charge on any atom is -0.349 e. The van der Waals surface area contributed by atoms with Gasteiger partial charge >= 0.3 is 0 Å². The third-order valence-electron chi connectivity index (χ3n) is 1.46. The Labute approximate surface area is 73.3 Å². The molecule has 1 amide bonds. The van der Waals surface area contributed by atoms with E-state index in [4.69, 9.17) is 0 Å². The molecule has 70 valence electrons. The maximum Gasteiger partial charge on any atom is 0.255 e. The predicted octanol–water partition coefficient (Wildman–Crippen LogP) is 0.0302. The lowest BCUT2D eigenvalue weighted by Crippen LogP contribution is -2.43. The second kappa shape index (κ2) is 4.61. The van der Waals surface area contributed by atoms with Crippen LogP contribution in [0.1, 0.15) is 0 Å². The highest BCUT2D eigenvalue weighted by Crippen LogP contribution is 2.09. The first-order chi connectivity index (χ1) is 5.70. The molecular formula is C6H10F2N2OS. The summed E-state index contributed by atoms with van der Waals surface area (Å²) >= 11 is 1.59. The van der Waals surface area contributed by atoms with Crippen LogP contribution in [0.2, 0.25) is 0 Å².